The highest BCUT2D eigenvalue weighted by Crippen LogP contribution is 2.34. The van der Waals surface area contributed by atoms with E-state index in [-0.39, 0.29) is 11.7 Å². The van der Waals surface area contributed by atoms with Crippen LogP contribution in [0.4, 0.5) is 0 Å². The van der Waals surface area contributed by atoms with E-state index in [0.29, 0.717) is 16.8 Å². The van der Waals surface area contributed by atoms with Gasteiger partial charge in [0.2, 0.25) is 0 Å². The van der Waals surface area contributed by atoms with Crippen LogP contribution in [-0.4, -0.2) is 21.0 Å². The van der Waals surface area contributed by atoms with Gasteiger partial charge in [0.25, 0.3) is 5.91 Å². The van der Waals surface area contributed by atoms with Crippen LogP contribution in [0.2, 0.25) is 0 Å². The third-order valence-corrected chi connectivity index (χ3v) is 5.33. The number of pyridine rings is 2. The van der Waals surface area contributed by atoms with Gasteiger partial charge in [-0.15, -0.1) is 0 Å². The Morgan fingerprint density at radius 1 is 0.806 bits per heavy atom. The molecule has 0 aliphatic rings. The van der Waals surface area contributed by atoms with E-state index < -0.39 is 6.04 Å². The summed E-state index contributed by atoms with van der Waals surface area (Å²) in [6.45, 7) is 0. The first-order valence-electron chi connectivity index (χ1n) is 9.99. The summed E-state index contributed by atoms with van der Waals surface area (Å²) in [6.07, 6.45) is 1.64. The number of phenolic OH excluding ortho intramolecular Hbond substituents is 1. The number of amides is 1. The molecule has 0 bridgehead atoms. The number of benzene rings is 3. The molecule has 5 rings (SSSR count). The van der Waals surface area contributed by atoms with Crippen LogP contribution in [0.25, 0.3) is 21.8 Å². The summed E-state index contributed by atoms with van der Waals surface area (Å²) in [7, 11) is 0. The van der Waals surface area contributed by atoms with Gasteiger partial charge >= 0.3 is 0 Å². The Balaban J connectivity index is 1.57. The van der Waals surface area contributed by atoms with E-state index >= 15 is 0 Å². The van der Waals surface area contributed by atoms with Crippen LogP contribution >= 0.6 is 0 Å². The molecule has 2 heterocycles. The molecule has 1 atom stereocenters. The number of hydrogen-bond acceptors (Lipinski definition) is 4. The van der Waals surface area contributed by atoms with Gasteiger partial charge in [0.1, 0.15) is 17.0 Å². The summed E-state index contributed by atoms with van der Waals surface area (Å²) >= 11 is 0. The van der Waals surface area contributed by atoms with Gasteiger partial charge in [-0.25, -0.2) is 4.98 Å². The van der Waals surface area contributed by atoms with Crippen LogP contribution in [0.3, 0.4) is 0 Å². The van der Waals surface area contributed by atoms with Gasteiger partial charge in [-0.3, -0.25) is 9.78 Å². The standard InChI is InChI=1S/C26H19N3O2/c30-25-20(14-12-19-10-6-16-27-24(19)25)23(18-8-2-1-3-9-18)29-26(31)22-15-13-17-7-4-5-11-21(17)28-22/h1-16,23,30H,(H,29,31). The molecule has 2 N–H and O–H groups in total. The summed E-state index contributed by atoms with van der Waals surface area (Å²) in [6, 6.07) is 27.7. The minimum absolute atomic E-state index is 0.0544. The molecule has 0 aliphatic heterocycles. The van der Waals surface area contributed by atoms with Crippen molar-refractivity contribution in [2.75, 3.05) is 0 Å². The van der Waals surface area contributed by atoms with E-state index in [1.165, 1.54) is 0 Å². The maximum absolute atomic E-state index is 13.1. The summed E-state index contributed by atoms with van der Waals surface area (Å²) in [5, 5.41) is 15.8. The fraction of sp³-hybridized carbons (Fsp3) is 0.0385. The lowest BCUT2D eigenvalue weighted by Crippen LogP contribution is -2.30. The Kier molecular flexibility index (Phi) is 4.77. The van der Waals surface area contributed by atoms with Crippen LogP contribution in [0.15, 0.2) is 97.2 Å². The number of nitrogens with one attached hydrogen (secondary N) is 1. The van der Waals surface area contributed by atoms with Crippen molar-refractivity contribution in [3.8, 4) is 5.75 Å². The lowest BCUT2D eigenvalue weighted by molar-refractivity contribution is 0.0938. The predicted molar refractivity (Wildman–Crippen MR) is 121 cm³/mol. The van der Waals surface area contributed by atoms with E-state index in [0.717, 1.165) is 21.9 Å². The van der Waals surface area contributed by atoms with Gasteiger partial charge in [0.05, 0.1) is 11.6 Å². The zero-order chi connectivity index (χ0) is 21.2. The molecule has 0 fully saturated rings. The Labute approximate surface area is 179 Å². The first kappa shape index (κ1) is 18.8. The highest BCUT2D eigenvalue weighted by atomic mass is 16.3. The van der Waals surface area contributed by atoms with Gasteiger partial charge in [-0.1, -0.05) is 72.8 Å². The van der Waals surface area contributed by atoms with Crippen LogP contribution in [0, 0.1) is 0 Å². The SMILES string of the molecule is O=C(NC(c1ccccc1)c1ccc2cccnc2c1O)c1ccc2ccccc2n1. The van der Waals surface area contributed by atoms with Crippen LogP contribution in [0.5, 0.6) is 5.75 Å². The number of rotatable bonds is 4. The highest BCUT2D eigenvalue weighted by Gasteiger charge is 2.23. The predicted octanol–water partition coefficient (Wildman–Crippen LogP) is 5.01. The second-order valence-corrected chi connectivity index (χ2v) is 7.28. The summed E-state index contributed by atoms with van der Waals surface area (Å²) in [5.41, 5.74) is 3.00. The van der Waals surface area contributed by atoms with Gasteiger partial charge < -0.3 is 10.4 Å². The van der Waals surface area contributed by atoms with Gasteiger partial charge in [0.15, 0.2) is 0 Å². The van der Waals surface area contributed by atoms with E-state index in [1.54, 1.807) is 12.3 Å². The Hall–Kier alpha value is -4.25. The van der Waals surface area contributed by atoms with Gasteiger partial charge in [-0.05, 0) is 23.8 Å². The molecule has 0 spiro atoms. The molecule has 5 aromatic rings. The summed E-state index contributed by atoms with van der Waals surface area (Å²) in [5.74, 6) is -0.265. The number of carbonyl (C=O) groups is 1. The van der Waals surface area contributed by atoms with E-state index in [4.69, 9.17) is 0 Å². The smallest absolute Gasteiger partial charge is 0.270 e. The largest absolute Gasteiger partial charge is 0.505 e. The average Bonchev–Trinajstić information content (AvgIpc) is 2.83. The Bertz CT molecular complexity index is 1400. The molecule has 3 aromatic carbocycles. The van der Waals surface area contributed by atoms with Crippen LogP contribution in [0.1, 0.15) is 27.7 Å². The third kappa shape index (κ3) is 3.57. The molecule has 5 nitrogen and oxygen atoms in total. The van der Waals surface area contributed by atoms with Crippen molar-refractivity contribution in [3.63, 3.8) is 0 Å². The van der Waals surface area contributed by atoms with E-state index in [1.807, 2.05) is 84.9 Å². The molecule has 5 heteroatoms. The minimum atomic E-state index is -0.562. The fourth-order valence-electron chi connectivity index (χ4n) is 3.76. The zero-order valence-electron chi connectivity index (χ0n) is 16.6. The van der Waals surface area contributed by atoms with Gasteiger partial charge in [0, 0.05) is 22.5 Å². The molecular formula is C26H19N3O2. The lowest BCUT2D eigenvalue weighted by Gasteiger charge is -2.21. The molecule has 1 amide bonds. The van der Waals surface area contributed by atoms with Gasteiger partial charge in [-0.2, -0.15) is 0 Å². The molecule has 0 saturated carbocycles. The first-order valence-corrected chi connectivity index (χ1v) is 9.99. The van der Waals surface area contributed by atoms with E-state index in [2.05, 4.69) is 15.3 Å². The quantitative estimate of drug-likeness (QED) is 0.441. The normalized spacial score (nSPS) is 12.0. The highest BCUT2D eigenvalue weighted by molar-refractivity contribution is 5.95. The molecule has 0 saturated heterocycles. The van der Waals surface area contributed by atoms with Crippen molar-refractivity contribution in [2.45, 2.75) is 6.04 Å². The maximum Gasteiger partial charge on any atom is 0.270 e. The van der Waals surface area contributed by atoms with Crippen LogP contribution in [-0.2, 0) is 0 Å². The number of para-hydroxylation sites is 1. The van der Waals surface area contributed by atoms with Crippen molar-refractivity contribution in [1.82, 2.24) is 15.3 Å². The maximum atomic E-state index is 13.1. The summed E-state index contributed by atoms with van der Waals surface area (Å²) < 4.78 is 0. The summed E-state index contributed by atoms with van der Waals surface area (Å²) in [4.78, 5) is 22.0. The number of fused-ring (bicyclic) bond motifs is 2. The molecule has 150 valence electrons. The molecular weight excluding hydrogens is 386 g/mol. The van der Waals surface area contributed by atoms with Crippen molar-refractivity contribution in [3.05, 3.63) is 114 Å². The third-order valence-electron chi connectivity index (χ3n) is 5.33. The number of phenols is 1. The number of nitrogens with zero attached hydrogens (tertiary/aromatic N) is 2. The second kappa shape index (κ2) is 7.88. The topological polar surface area (TPSA) is 75.1 Å². The van der Waals surface area contributed by atoms with Crippen LogP contribution < -0.4 is 5.32 Å². The van der Waals surface area contributed by atoms with Crippen molar-refractivity contribution >= 4 is 27.7 Å². The number of aromatic hydroxyl groups is 1. The monoisotopic (exact) mass is 405 g/mol. The molecule has 1 unspecified atom stereocenters. The minimum Gasteiger partial charge on any atom is -0.505 e. The number of hydrogen-bond donors (Lipinski definition) is 2. The average molecular weight is 405 g/mol. The van der Waals surface area contributed by atoms with Crippen molar-refractivity contribution in [2.24, 2.45) is 0 Å². The fourth-order valence-corrected chi connectivity index (χ4v) is 3.76. The molecule has 0 radical (unpaired) electrons. The number of carbonyl (C=O) groups excluding carboxylic acids is 1. The number of aromatic nitrogens is 2. The molecule has 2 aromatic heterocycles. The first-order chi connectivity index (χ1) is 15.2. The zero-order valence-corrected chi connectivity index (χ0v) is 16.6. The Morgan fingerprint density at radius 2 is 1.55 bits per heavy atom. The molecule has 0 aliphatic carbocycles. The second-order valence-electron chi connectivity index (χ2n) is 7.28. The van der Waals surface area contributed by atoms with Crippen molar-refractivity contribution in [1.29, 1.82) is 0 Å². The molecule has 31 heavy (non-hydrogen) atoms. The Morgan fingerprint density at radius 3 is 2.42 bits per heavy atom. The van der Waals surface area contributed by atoms with E-state index in [9.17, 15) is 9.90 Å². The van der Waals surface area contributed by atoms with Crippen molar-refractivity contribution < 1.29 is 9.90 Å². The lowest BCUT2D eigenvalue weighted by atomic mass is 9.96.